The van der Waals surface area contributed by atoms with Crippen LogP contribution in [0.5, 0.6) is 11.5 Å². The predicted octanol–water partition coefficient (Wildman–Crippen LogP) is 6.95. The lowest BCUT2D eigenvalue weighted by Gasteiger charge is -2.35. The summed E-state index contributed by atoms with van der Waals surface area (Å²) in [6.07, 6.45) is 5.16. The zero-order chi connectivity index (χ0) is 35.7. The van der Waals surface area contributed by atoms with Gasteiger partial charge in [0, 0.05) is 30.1 Å². The number of hydrogen-bond donors (Lipinski definition) is 1. The first-order chi connectivity index (χ1) is 24.1. The Morgan fingerprint density at radius 1 is 0.840 bits per heavy atom. The second-order valence-corrected chi connectivity index (χ2v) is 14.9. The molecule has 4 aromatic carbocycles. The van der Waals surface area contributed by atoms with Gasteiger partial charge in [-0.05, 0) is 67.3 Å². The lowest BCUT2D eigenvalue weighted by molar-refractivity contribution is -0.140. The summed E-state index contributed by atoms with van der Waals surface area (Å²) in [7, 11) is -1.33. The third kappa shape index (κ3) is 9.17. The van der Waals surface area contributed by atoms with Gasteiger partial charge < -0.3 is 19.7 Å². The summed E-state index contributed by atoms with van der Waals surface area (Å²) < 4.78 is 40.8. The van der Waals surface area contributed by atoms with Crippen molar-refractivity contribution in [1.82, 2.24) is 10.2 Å². The first-order valence-corrected chi connectivity index (χ1v) is 18.6. The van der Waals surface area contributed by atoms with Gasteiger partial charge >= 0.3 is 0 Å². The highest BCUT2D eigenvalue weighted by Crippen LogP contribution is 2.34. The van der Waals surface area contributed by atoms with E-state index in [1.807, 2.05) is 37.3 Å². The summed E-state index contributed by atoms with van der Waals surface area (Å²) in [6.45, 7) is 1.34. The molecular formula is C39H44ClN3O6S. The number of anilines is 1. The van der Waals surface area contributed by atoms with Gasteiger partial charge in [0.2, 0.25) is 11.8 Å². The monoisotopic (exact) mass is 717 g/mol. The maximum absolute atomic E-state index is 14.8. The number of benzene rings is 4. The number of sulfonamides is 1. The Balaban J connectivity index is 1.59. The van der Waals surface area contributed by atoms with Crippen molar-refractivity contribution in [3.8, 4) is 11.5 Å². The van der Waals surface area contributed by atoms with Crippen LogP contribution in [0.15, 0.2) is 102 Å². The molecule has 4 aromatic rings. The molecule has 0 spiro atoms. The molecule has 1 saturated carbocycles. The number of halogens is 1. The van der Waals surface area contributed by atoms with E-state index in [0.29, 0.717) is 16.5 Å². The van der Waals surface area contributed by atoms with Gasteiger partial charge in [0.25, 0.3) is 10.0 Å². The van der Waals surface area contributed by atoms with Gasteiger partial charge in [-0.25, -0.2) is 8.42 Å². The van der Waals surface area contributed by atoms with Crippen molar-refractivity contribution in [2.45, 2.75) is 69.0 Å². The molecule has 2 amide bonds. The third-order valence-electron chi connectivity index (χ3n) is 9.03. The van der Waals surface area contributed by atoms with Gasteiger partial charge in [0.05, 0.1) is 24.8 Å². The van der Waals surface area contributed by atoms with Crippen molar-refractivity contribution >= 4 is 39.1 Å². The molecule has 1 aliphatic carbocycles. The van der Waals surface area contributed by atoms with E-state index in [9.17, 15) is 18.0 Å². The molecule has 1 fully saturated rings. The van der Waals surface area contributed by atoms with Crippen LogP contribution >= 0.6 is 11.6 Å². The van der Waals surface area contributed by atoms with Crippen LogP contribution in [0.1, 0.15) is 48.8 Å². The number of aryl methyl sites for hydroxylation is 1. The molecule has 5 rings (SSSR count). The van der Waals surface area contributed by atoms with Crippen molar-refractivity contribution in [3.63, 3.8) is 0 Å². The van der Waals surface area contributed by atoms with Crippen molar-refractivity contribution in [2.75, 3.05) is 25.1 Å². The maximum atomic E-state index is 14.8. The highest BCUT2D eigenvalue weighted by molar-refractivity contribution is 7.92. The summed E-state index contributed by atoms with van der Waals surface area (Å²) in [5.74, 6) is -0.123. The van der Waals surface area contributed by atoms with Crippen LogP contribution in [0.2, 0.25) is 5.02 Å². The molecule has 264 valence electrons. The second-order valence-electron chi connectivity index (χ2n) is 12.6. The first-order valence-electron chi connectivity index (χ1n) is 16.8. The number of carbonyl (C=O) groups is 2. The number of carbonyl (C=O) groups excluding carboxylic acids is 2. The fraction of sp³-hybridized carbons (Fsp3) is 0.333. The van der Waals surface area contributed by atoms with Crippen LogP contribution in [0.3, 0.4) is 0 Å². The molecule has 1 atom stereocenters. The lowest BCUT2D eigenvalue weighted by atomic mass is 9.94. The molecule has 9 nitrogen and oxygen atoms in total. The highest BCUT2D eigenvalue weighted by atomic mass is 35.5. The summed E-state index contributed by atoms with van der Waals surface area (Å²) >= 11 is 6.20. The van der Waals surface area contributed by atoms with E-state index < -0.39 is 28.5 Å². The number of rotatable bonds is 14. The van der Waals surface area contributed by atoms with E-state index in [4.69, 9.17) is 21.1 Å². The number of ether oxygens (including phenoxy) is 2. The minimum absolute atomic E-state index is 0.00665. The number of hydrogen-bond acceptors (Lipinski definition) is 6. The number of nitrogens with one attached hydrogen (secondary N) is 1. The summed E-state index contributed by atoms with van der Waals surface area (Å²) in [4.78, 5) is 30.6. The zero-order valence-electron chi connectivity index (χ0n) is 28.7. The topological polar surface area (TPSA) is 105 Å². The molecule has 0 saturated heterocycles. The molecule has 50 heavy (non-hydrogen) atoms. The van der Waals surface area contributed by atoms with Gasteiger partial charge in [-0.3, -0.25) is 13.9 Å². The lowest BCUT2D eigenvalue weighted by Crippen LogP contribution is -2.55. The largest absolute Gasteiger partial charge is 0.493 e. The molecule has 0 aliphatic heterocycles. The fourth-order valence-corrected chi connectivity index (χ4v) is 7.76. The summed E-state index contributed by atoms with van der Waals surface area (Å²) in [5, 5.41) is 3.76. The van der Waals surface area contributed by atoms with E-state index in [1.54, 1.807) is 48.5 Å². The predicted molar refractivity (Wildman–Crippen MR) is 196 cm³/mol. The summed E-state index contributed by atoms with van der Waals surface area (Å²) in [6, 6.07) is 26.8. The molecule has 1 N–H and O–H groups in total. The van der Waals surface area contributed by atoms with Crippen LogP contribution in [0, 0.1) is 6.92 Å². The molecule has 11 heteroatoms. The van der Waals surface area contributed by atoms with Crippen molar-refractivity contribution in [1.29, 1.82) is 0 Å². The quantitative estimate of drug-likeness (QED) is 0.151. The Hall–Kier alpha value is -4.54. The molecule has 1 aliphatic rings. The molecule has 0 aromatic heterocycles. The van der Waals surface area contributed by atoms with Gasteiger partial charge in [-0.1, -0.05) is 91.0 Å². The van der Waals surface area contributed by atoms with Crippen LogP contribution in [-0.4, -0.2) is 58.0 Å². The Morgan fingerprint density at radius 3 is 2.14 bits per heavy atom. The SMILES string of the molecule is COc1ccc(N(CC(=O)N(Cc2ccc(Cl)cc2)[C@@H](Cc2ccccc2)C(=O)NC2CCCCC2)S(=O)(=O)c2ccc(C)cc2)cc1OC. The van der Waals surface area contributed by atoms with Gasteiger partial charge in [0.15, 0.2) is 11.5 Å². The standard InChI is InChI=1S/C39H44ClN3O6S/c1-28-14-21-34(22-15-28)50(46,47)43(33-20-23-36(48-2)37(25-33)49-3)27-38(44)42(26-30-16-18-31(40)19-17-30)35(24-29-10-6-4-7-11-29)39(45)41-32-12-8-5-9-13-32/h4,6-7,10-11,14-23,25,32,35H,5,8-9,12-13,24,26-27H2,1-3H3,(H,41,45)/t35-/m0/s1. The van der Waals surface area contributed by atoms with E-state index in [2.05, 4.69) is 5.32 Å². The number of amides is 2. The van der Waals surface area contributed by atoms with Crippen molar-refractivity contribution in [2.24, 2.45) is 0 Å². The molecule has 0 radical (unpaired) electrons. The molecule has 0 unspecified atom stereocenters. The number of nitrogens with zero attached hydrogens (tertiary/aromatic N) is 2. The second kappa shape index (κ2) is 16.9. The molecule has 0 heterocycles. The fourth-order valence-electron chi connectivity index (χ4n) is 6.23. The van der Waals surface area contributed by atoms with Crippen LogP contribution in [0.25, 0.3) is 0 Å². The molecule has 0 bridgehead atoms. The zero-order valence-corrected chi connectivity index (χ0v) is 30.3. The van der Waals surface area contributed by atoms with Crippen molar-refractivity contribution in [3.05, 3.63) is 119 Å². The highest BCUT2D eigenvalue weighted by Gasteiger charge is 2.35. The first kappa shape index (κ1) is 36.7. The van der Waals surface area contributed by atoms with E-state index in [-0.39, 0.29) is 35.5 Å². The molecular weight excluding hydrogens is 674 g/mol. The van der Waals surface area contributed by atoms with Crippen LogP contribution in [-0.2, 0) is 32.6 Å². The average Bonchev–Trinajstić information content (AvgIpc) is 3.13. The normalized spacial score (nSPS) is 14.0. The minimum Gasteiger partial charge on any atom is -0.493 e. The number of methoxy groups -OCH3 is 2. The Bertz CT molecular complexity index is 1850. The summed E-state index contributed by atoms with van der Waals surface area (Å²) in [5.41, 5.74) is 2.70. The third-order valence-corrected chi connectivity index (χ3v) is 11.1. The Morgan fingerprint density at radius 2 is 1.50 bits per heavy atom. The van der Waals surface area contributed by atoms with Crippen LogP contribution in [0.4, 0.5) is 5.69 Å². The van der Waals surface area contributed by atoms with Crippen LogP contribution < -0.4 is 19.1 Å². The maximum Gasteiger partial charge on any atom is 0.264 e. The van der Waals surface area contributed by atoms with E-state index in [1.165, 1.54) is 37.3 Å². The van der Waals surface area contributed by atoms with Gasteiger partial charge in [-0.2, -0.15) is 0 Å². The smallest absolute Gasteiger partial charge is 0.264 e. The minimum atomic E-state index is -4.28. The van der Waals surface area contributed by atoms with Gasteiger partial charge in [-0.15, -0.1) is 0 Å². The van der Waals surface area contributed by atoms with Crippen molar-refractivity contribution < 1.29 is 27.5 Å². The Labute approximate surface area is 300 Å². The Kier molecular flexibility index (Phi) is 12.4. The van der Waals surface area contributed by atoms with E-state index >= 15 is 0 Å². The van der Waals surface area contributed by atoms with E-state index in [0.717, 1.165) is 53.1 Å². The van der Waals surface area contributed by atoms with Gasteiger partial charge in [0.1, 0.15) is 12.6 Å². The average molecular weight is 718 g/mol.